The summed E-state index contributed by atoms with van der Waals surface area (Å²) in [5.41, 5.74) is 0. The molecule has 1 amide bonds. The van der Waals surface area contributed by atoms with E-state index >= 15 is 0 Å². The molecule has 0 N–H and O–H groups in total. The first-order valence-electron chi connectivity index (χ1n) is 7.87. The molecule has 3 aromatic rings. The fourth-order valence-electron chi connectivity index (χ4n) is 3.11. The van der Waals surface area contributed by atoms with Crippen molar-refractivity contribution < 1.29 is 9.21 Å². The number of amides is 1. The number of imidazole rings is 1. The largest absolute Gasteiger partial charge is 0.456 e. The second-order valence-corrected chi connectivity index (χ2v) is 6.08. The molecule has 1 atom stereocenters. The Bertz CT molecular complexity index is 835. The van der Waals surface area contributed by atoms with Crippen LogP contribution in [0.2, 0.25) is 0 Å². The number of carbonyl (C=O) groups is 1. The van der Waals surface area contributed by atoms with Crippen LogP contribution >= 0.6 is 0 Å². The highest BCUT2D eigenvalue weighted by atomic mass is 16.3. The highest BCUT2D eigenvalue weighted by Crippen LogP contribution is 2.20. The van der Waals surface area contributed by atoms with Crippen LogP contribution in [0.15, 0.2) is 41.6 Å². The molecule has 1 aliphatic heterocycles. The van der Waals surface area contributed by atoms with Crippen LogP contribution in [0.1, 0.15) is 22.1 Å². The maximum absolute atomic E-state index is 12.8. The van der Waals surface area contributed by atoms with Gasteiger partial charge in [0, 0.05) is 37.9 Å². The maximum atomic E-state index is 12.8. The van der Waals surface area contributed by atoms with E-state index in [-0.39, 0.29) is 11.8 Å². The van der Waals surface area contributed by atoms with Crippen LogP contribution in [-0.4, -0.2) is 41.7 Å². The molecule has 0 aromatic carbocycles. The predicted octanol–water partition coefficient (Wildman–Crippen LogP) is 1.35. The van der Waals surface area contributed by atoms with Gasteiger partial charge < -0.3 is 13.9 Å². The highest BCUT2D eigenvalue weighted by molar-refractivity contribution is 5.91. The number of aromatic nitrogens is 5. The van der Waals surface area contributed by atoms with Gasteiger partial charge >= 0.3 is 0 Å². The van der Waals surface area contributed by atoms with Gasteiger partial charge in [-0.05, 0) is 19.1 Å². The summed E-state index contributed by atoms with van der Waals surface area (Å²) in [6.07, 6.45) is 6.94. The first kappa shape index (κ1) is 14.7. The molecule has 0 spiro atoms. The van der Waals surface area contributed by atoms with Gasteiger partial charge in [0.25, 0.3) is 5.91 Å². The van der Waals surface area contributed by atoms with Crippen LogP contribution in [0.4, 0.5) is 0 Å². The Morgan fingerprint density at radius 2 is 2.29 bits per heavy atom. The number of nitrogens with zero attached hydrogens (tertiary/aromatic N) is 6. The monoisotopic (exact) mass is 326 g/mol. The number of fused-ring (bicyclic) bond motifs is 1. The third-order valence-corrected chi connectivity index (χ3v) is 4.22. The lowest BCUT2D eigenvalue weighted by atomic mass is 10.1. The Balaban J connectivity index is 1.60. The average Bonchev–Trinajstić information content (AvgIpc) is 3.28. The van der Waals surface area contributed by atoms with Crippen LogP contribution in [0.3, 0.4) is 0 Å². The van der Waals surface area contributed by atoms with E-state index in [4.69, 9.17) is 4.42 Å². The van der Waals surface area contributed by atoms with Gasteiger partial charge in [0.05, 0.1) is 6.54 Å². The average molecular weight is 326 g/mol. The predicted molar refractivity (Wildman–Crippen MR) is 83.9 cm³/mol. The Kier molecular flexibility index (Phi) is 3.64. The fraction of sp³-hybridized carbons (Fsp3) is 0.375. The van der Waals surface area contributed by atoms with E-state index in [1.807, 2.05) is 13.1 Å². The zero-order chi connectivity index (χ0) is 16.5. The standard InChI is InChI=1S/C16H18N6O2/c1-12-2-3-14(24-12)16(23)21-7-13(8-22-11-17-10-19-22)6-20-5-4-18-15(20)9-21/h2-5,10-11,13H,6-9H2,1H3/t13-/m0/s1. The summed E-state index contributed by atoms with van der Waals surface area (Å²) >= 11 is 0. The molecule has 0 aliphatic carbocycles. The van der Waals surface area contributed by atoms with Crippen LogP contribution in [0.5, 0.6) is 0 Å². The molecule has 4 rings (SSSR count). The summed E-state index contributed by atoms with van der Waals surface area (Å²) in [6, 6.07) is 3.53. The van der Waals surface area contributed by atoms with Crippen molar-refractivity contribution in [1.29, 1.82) is 0 Å². The van der Waals surface area contributed by atoms with Crippen molar-refractivity contribution in [1.82, 2.24) is 29.2 Å². The molecule has 4 heterocycles. The zero-order valence-corrected chi connectivity index (χ0v) is 13.4. The van der Waals surface area contributed by atoms with E-state index in [0.717, 1.165) is 18.1 Å². The number of aryl methyl sites for hydroxylation is 1. The zero-order valence-electron chi connectivity index (χ0n) is 13.4. The summed E-state index contributed by atoms with van der Waals surface area (Å²) < 4.78 is 9.40. The van der Waals surface area contributed by atoms with Crippen molar-refractivity contribution in [3.63, 3.8) is 0 Å². The molecule has 24 heavy (non-hydrogen) atoms. The van der Waals surface area contributed by atoms with E-state index in [1.54, 1.807) is 34.2 Å². The van der Waals surface area contributed by atoms with Crippen LogP contribution in [0, 0.1) is 12.8 Å². The van der Waals surface area contributed by atoms with Crippen molar-refractivity contribution in [3.05, 3.63) is 54.5 Å². The van der Waals surface area contributed by atoms with Gasteiger partial charge in [-0.1, -0.05) is 0 Å². The molecular formula is C16H18N6O2. The molecule has 0 saturated heterocycles. The minimum atomic E-state index is -0.108. The first-order valence-corrected chi connectivity index (χ1v) is 7.87. The molecular weight excluding hydrogens is 308 g/mol. The molecule has 0 saturated carbocycles. The van der Waals surface area contributed by atoms with Gasteiger partial charge in [-0.25, -0.2) is 9.97 Å². The van der Waals surface area contributed by atoms with Gasteiger partial charge in [0.1, 0.15) is 24.2 Å². The molecule has 8 heteroatoms. The van der Waals surface area contributed by atoms with Crippen molar-refractivity contribution in [2.75, 3.05) is 6.54 Å². The number of furan rings is 1. The topological polar surface area (TPSA) is 82.0 Å². The van der Waals surface area contributed by atoms with Gasteiger partial charge in [-0.15, -0.1) is 0 Å². The number of carbonyl (C=O) groups excluding carboxylic acids is 1. The smallest absolute Gasteiger partial charge is 0.289 e. The lowest BCUT2D eigenvalue weighted by Gasteiger charge is -2.23. The van der Waals surface area contributed by atoms with Gasteiger partial charge in [-0.3, -0.25) is 9.48 Å². The van der Waals surface area contributed by atoms with Crippen molar-refractivity contribution in [2.24, 2.45) is 5.92 Å². The second-order valence-electron chi connectivity index (χ2n) is 6.08. The number of hydrogen-bond donors (Lipinski definition) is 0. The Labute approximate surface area is 138 Å². The summed E-state index contributed by atoms with van der Waals surface area (Å²) in [6.45, 7) is 4.40. The van der Waals surface area contributed by atoms with Crippen molar-refractivity contribution >= 4 is 5.91 Å². The van der Waals surface area contributed by atoms with E-state index in [0.29, 0.717) is 25.4 Å². The normalized spacial score (nSPS) is 17.5. The third kappa shape index (κ3) is 2.82. The lowest BCUT2D eigenvalue weighted by Crippen LogP contribution is -2.35. The van der Waals surface area contributed by atoms with Gasteiger partial charge in [0.2, 0.25) is 0 Å². The van der Waals surface area contributed by atoms with E-state index in [9.17, 15) is 4.79 Å². The minimum absolute atomic E-state index is 0.108. The quantitative estimate of drug-likeness (QED) is 0.725. The molecule has 3 aromatic heterocycles. The number of hydrogen-bond acceptors (Lipinski definition) is 5. The fourth-order valence-corrected chi connectivity index (χ4v) is 3.11. The first-order chi connectivity index (χ1) is 11.7. The molecule has 0 radical (unpaired) electrons. The molecule has 0 unspecified atom stereocenters. The lowest BCUT2D eigenvalue weighted by molar-refractivity contribution is 0.0679. The van der Waals surface area contributed by atoms with Gasteiger partial charge in [-0.2, -0.15) is 5.10 Å². The molecule has 8 nitrogen and oxygen atoms in total. The van der Waals surface area contributed by atoms with Crippen molar-refractivity contribution in [2.45, 2.75) is 26.6 Å². The summed E-state index contributed by atoms with van der Waals surface area (Å²) in [5, 5.41) is 4.17. The van der Waals surface area contributed by atoms with Crippen LogP contribution < -0.4 is 0 Å². The van der Waals surface area contributed by atoms with Gasteiger partial charge in [0.15, 0.2) is 5.76 Å². The Morgan fingerprint density at radius 1 is 1.38 bits per heavy atom. The van der Waals surface area contributed by atoms with E-state index in [1.165, 1.54) is 6.33 Å². The third-order valence-electron chi connectivity index (χ3n) is 4.22. The molecule has 0 fully saturated rings. The SMILES string of the molecule is Cc1ccc(C(=O)N2Cc3nccn3C[C@H](Cn3cncn3)C2)o1. The molecule has 124 valence electrons. The van der Waals surface area contributed by atoms with Crippen LogP contribution in [-0.2, 0) is 19.6 Å². The van der Waals surface area contributed by atoms with E-state index in [2.05, 4.69) is 19.6 Å². The Morgan fingerprint density at radius 3 is 3.04 bits per heavy atom. The van der Waals surface area contributed by atoms with E-state index < -0.39 is 0 Å². The highest BCUT2D eigenvalue weighted by Gasteiger charge is 2.28. The summed E-state index contributed by atoms with van der Waals surface area (Å²) in [4.78, 5) is 23.0. The maximum Gasteiger partial charge on any atom is 0.289 e. The molecule has 0 bridgehead atoms. The molecule has 1 aliphatic rings. The summed E-state index contributed by atoms with van der Waals surface area (Å²) in [7, 11) is 0. The second kappa shape index (κ2) is 5.95. The van der Waals surface area contributed by atoms with Crippen LogP contribution in [0.25, 0.3) is 0 Å². The summed E-state index contributed by atoms with van der Waals surface area (Å²) in [5.74, 6) is 2.08. The Hall–Kier alpha value is -2.90. The minimum Gasteiger partial charge on any atom is -0.456 e. The van der Waals surface area contributed by atoms with Crippen molar-refractivity contribution in [3.8, 4) is 0 Å². The number of rotatable bonds is 3.